The van der Waals surface area contributed by atoms with Crippen LogP contribution in [-0.4, -0.2) is 30.3 Å². The van der Waals surface area contributed by atoms with Crippen molar-refractivity contribution >= 4 is 15.7 Å². The molecule has 2 atom stereocenters. The maximum Gasteiger partial charge on any atom is 0.246 e. The zero-order chi connectivity index (χ0) is 14.2. The Morgan fingerprint density at radius 1 is 1.30 bits per heavy atom. The molecular formula is C13H20N4O2S. The van der Waals surface area contributed by atoms with Gasteiger partial charge in [0.1, 0.15) is 4.90 Å². The zero-order valence-electron chi connectivity index (χ0n) is 11.3. The number of anilines is 1. The Morgan fingerprint density at radius 3 is 2.90 bits per heavy atom. The van der Waals surface area contributed by atoms with Crippen LogP contribution in [0.1, 0.15) is 32.1 Å². The topological polar surface area (TPSA) is 88.3 Å². The van der Waals surface area contributed by atoms with E-state index in [1.165, 1.54) is 18.8 Å². The van der Waals surface area contributed by atoms with Crippen LogP contribution >= 0.6 is 0 Å². The first-order valence-corrected chi connectivity index (χ1v) is 8.51. The number of hydrogen-bond acceptors (Lipinski definition) is 5. The fraction of sp³-hybridized carbons (Fsp3) is 0.615. The maximum atomic E-state index is 12.9. The molecule has 1 aromatic rings. The van der Waals surface area contributed by atoms with Crippen LogP contribution in [0.4, 0.5) is 5.69 Å². The average molecular weight is 296 g/mol. The lowest BCUT2D eigenvalue weighted by molar-refractivity contribution is 0.260. The molecule has 110 valence electrons. The number of nitrogens with two attached hydrogens (primary N) is 1. The van der Waals surface area contributed by atoms with Gasteiger partial charge >= 0.3 is 0 Å². The molecule has 3 rings (SSSR count). The van der Waals surface area contributed by atoms with Crippen molar-refractivity contribution in [2.45, 2.75) is 43.0 Å². The minimum atomic E-state index is -3.52. The monoisotopic (exact) mass is 296 g/mol. The molecule has 1 saturated carbocycles. The first kappa shape index (κ1) is 13.8. The number of nitrogen functional groups attached to an aromatic ring is 1. The molecular weight excluding hydrogens is 276 g/mol. The van der Waals surface area contributed by atoms with Crippen molar-refractivity contribution in [3.05, 3.63) is 18.5 Å². The zero-order valence-corrected chi connectivity index (χ0v) is 12.1. The number of hydrogen-bond donors (Lipinski definition) is 2. The van der Waals surface area contributed by atoms with Crippen LogP contribution < -0.4 is 11.3 Å². The molecule has 1 aliphatic carbocycles. The smallest absolute Gasteiger partial charge is 0.246 e. The molecule has 0 spiro atoms. The van der Waals surface area contributed by atoms with Gasteiger partial charge in [-0.1, -0.05) is 12.8 Å². The number of fused-ring (bicyclic) bond motifs is 1. The Labute approximate surface area is 119 Å². The van der Waals surface area contributed by atoms with E-state index in [-0.39, 0.29) is 10.9 Å². The van der Waals surface area contributed by atoms with Crippen LogP contribution in [-0.2, 0) is 10.0 Å². The summed E-state index contributed by atoms with van der Waals surface area (Å²) in [5.74, 6) is 5.94. The summed E-state index contributed by atoms with van der Waals surface area (Å²) >= 11 is 0. The highest BCUT2D eigenvalue weighted by Crippen LogP contribution is 2.39. The SMILES string of the molecule is NNc1ccncc1S(=O)(=O)N1CCC2CCCCC21. The third-order valence-corrected chi connectivity index (χ3v) is 6.44. The van der Waals surface area contributed by atoms with Crippen LogP contribution in [0.2, 0.25) is 0 Å². The average Bonchev–Trinajstić information content (AvgIpc) is 2.92. The number of sulfonamides is 1. The highest BCUT2D eigenvalue weighted by molar-refractivity contribution is 7.89. The highest BCUT2D eigenvalue weighted by atomic mass is 32.2. The third-order valence-electron chi connectivity index (χ3n) is 4.49. The van der Waals surface area contributed by atoms with Crippen LogP contribution in [0.15, 0.2) is 23.4 Å². The van der Waals surface area contributed by atoms with Crippen molar-refractivity contribution in [3.63, 3.8) is 0 Å². The molecule has 0 radical (unpaired) electrons. The van der Waals surface area contributed by atoms with Gasteiger partial charge in [0, 0.05) is 25.0 Å². The van der Waals surface area contributed by atoms with Crippen molar-refractivity contribution in [3.8, 4) is 0 Å². The Morgan fingerprint density at radius 2 is 2.10 bits per heavy atom. The van der Waals surface area contributed by atoms with E-state index in [1.807, 2.05) is 0 Å². The normalized spacial score (nSPS) is 27.2. The van der Waals surface area contributed by atoms with Gasteiger partial charge in [-0.3, -0.25) is 10.8 Å². The van der Waals surface area contributed by atoms with E-state index >= 15 is 0 Å². The van der Waals surface area contributed by atoms with E-state index in [4.69, 9.17) is 5.84 Å². The molecule has 0 bridgehead atoms. The number of nitrogens with one attached hydrogen (secondary N) is 1. The molecule has 1 aromatic heterocycles. The van der Waals surface area contributed by atoms with Gasteiger partial charge in [-0.05, 0) is 31.2 Å². The number of rotatable bonds is 3. The minimum Gasteiger partial charge on any atom is -0.323 e. The van der Waals surface area contributed by atoms with Crippen molar-refractivity contribution in [2.75, 3.05) is 12.0 Å². The van der Waals surface area contributed by atoms with Gasteiger partial charge in [-0.25, -0.2) is 8.42 Å². The summed E-state index contributed by atoms with van der Waals surface area (Å²) < 4.78 is 27.4. The summed E-state index contributed by atoms with van der Waals surface area (Å²) in [5, 5.41) is 0. The quantitative estimate of drug-likeness (QED) is 0.649. The second kappa shape index (κ2) is 5.31. The van der Waals surface area contributed by atoms with E-state index < -0.39 is 10.0 Å². The largest absolute Gasteiger partial charge is 0.323 e. The Bertz CT molecular complexity index is 590. The number of hydrazine groups is 1. The number of nitrogens with zero attached hydrogens (tertiary/aromatic N) is 2. The lowest BCUT2D eigenvalue weighted by Gasteiger charge is -2.31. The first-order valence-electron chi connectivity index (χ1n) is 7.07. The molecule has 2 unspecified atom stereocenters. The van der Waals surface area contributed by atoms with Gasteiger partial charge in [-0.2, -0.15) is 4.31 Å². The molecule has 2 aliphatic rings. The van der Waals surface area contributed by atoms with Gasteiger partial charge in [0.2, 0.25) is 10.0 Å². The summed E-state index contributed by atoms with van der Waals surface area (Å²) in [6.45, 7) is 0.608. The summed E-state index contributed by atoms with van der Waals surface area (Å²) in [5.41, 5.74) is 2.85. The van der Waals surface area contributed by atoms with E-state index in [0.717, 1.165) is 25.7 Å². The van der Waals surface area contributed by atoms with Gasteiger partial charge in [0.25, 0.3) is 0 Å². The van der Waals surface area contributed by atoms with E-state index in [9.17, 15) is 8.42 Å². The molecule has 6 nitrogen and oxygen atoms in total. The van der Waals surface area contributed by atoms with Gasteiger partial charge < -0.3 is 5.43 Å². The Kier molecular flexibility index (Phi) is 3.66. The lowest BCUT2D eigenvalue weighted by atomic mass is 9.86. The van der Waals surface area contributed by atoms with Crippen molar-refractivity contribution in [1.29, 1.82) is 0 Å². The van der Waals surface area contributed by atoms with Crippen LogP contribution in [0, 0.1) is 5.92 Å². The van der Waals surface area contributed by atoms with Crippen molar-refractivity contribution in [1.82, 2.24) is 9.29 Å². The van der Waals surface area contributed by atoms with Gasteiger partial charge in [0.15, 0.2) is 0 Å². The molecule has 20 heavy (non-hydrogen) atoms. The standard InChI is InChI=1S/C13H20N4O2S/c14-16-11-5-7-15-9-13(11)20(18,19)17-8-6-10-3-1-2-4-12(10)17/h5,7,9-10,12H,1-4,6,8,14H2,(H,15,16). The predicted octanol–water partition coefficient (Wildman–Crippen LogP) is 1.32. The van der Waals surface area contributed by atoms with Gasteiger partial charge in [0.05, 0.1) is 5.69 Å². The molecule has 0 amide bonds. The highest BCUT2D eigenvalue weighted by Gasteiger charge is 2.42. The Balaban J connectivity index is 1.96. The molecule has 1 aliphatic heterocycles. The molecule has 7 heteroatoms. The van der Waals surface area contributed by atoms with E-state index in [1.54, 1.807) is 10.4 Å². The molecule has 2 fully saturated rings. The number of aromatic nitrogens is 1. The molecule has 1 saturated heterocycles. The fourth-order valence-electron chi connectivity index (χ4n) is 3.49. The molecule has 0 aromatic carbocycles. The first-order chi connectivity index (χ1) is 9.64. The van der Waals surface area contributed by atoms with E-state index in [2.05, 4.69) is 10.4 Å². The second-order valence-corrected chi connectivity index (χ2v) is 7.39. The summed E-state index contributed by atoms with van der Waals surface area (Å²) in [7, 11) is -3.52. The summed E-state index contributed by atoms with van der Waals surface area (Å²) in [4.78, 5) is 4.11. The van der Waals surface area contributed by atoms with Crippen LogP contribution in [0.25, 0.3) is 0 Å². The third kappa shape index (κ3) is 2.19. The van der Waals surface area contributed by atoms with Crippen LogP contribution in [0.3, 0.4) is 0 Å². The van der Waals surface area contributed by atoms with Gasteiger partial charge in [-0.15, -0.1) is 0 Å². The van der Waals surface area contributed by atoms with Crippen LogP contribution in [0.5, 0.6) is 0 Å². The predicted molar refractivity (Wildman–Crippen MR) is 76.3 cm³/mol. The summed E-state index contributed by atoms with van der Waals surface area (Å²) in [6, 6.07) is 1.74. The fourth-order valence-corrected chi connectivity index (χ4v) is 5.32. The van der Waals surface area contributed by atoms with Crippen molar-refractivity contribution in [2.24, 2.45) is 11.8 Å². The maximum absolute atomic E-state index is 12.9. The van der Waals surface area contributed by atoms with Crippen molar-refractivity contribution < 1.29 is 8.42 Å². The minimum absolute atomic E-state index is 0.152. The molecule has 3 N–H and O–H groups in total. The second-order valence-electron chi connectivity index (χ2n) is 5.53. The molecule has 2 heterocycles. The summed E-state index contributed by atoms with van der Waals surface area (Å²) in [6.07, 6.45) is 8.32. The Hall–Kier alpha value is -1.18. The lowest BCUT2D eigenvalue weighted by Crippen LogP contribution is -2.39. The van der Waals surface area contributed by atoms with E-state index in [0.29, 0.717) is 18.2 Å². The number of pyridine rings is 1.